The van der Waals surface area contributed by atoms with Gasteiger partial charge in [0.1, 0.15) is 0 Å². The fraction of sp³-hybridized carbons (Fsp3) is 0.917. The maximum absolute atomic E-state index is 11.1. The number of hydrogen-bond acceptors (Lipinski definition) is 2. The lowest BCUT2D eigenvalue weighted by molar-refractivity contribution is -0.0540. The molecule has 0 bridgehead atoms. The topological polar surface area (TPSA) is 40.5 Å². The summed E-state index contributed by atoms with van der Waals surface area (Å²) in [6.45, 7) is 8.75. The van der Waals surface area contributed by atoms with Gasteiger partial charge in [-0.25, -0.2) is 0 Å². The highest BCUT2D eigenvalue weighted by molar-refractivity contribution is 5.16. The van der Waals surface area contributed by atoms with Crippen LogP contribution in [0.4, 0.5) is 0 Å². The molecule has 0 unspecified atom stereocenters. The molecule has 26 heavy (non-hydrogen) atoms. The van der Waals surface area contributed by atoms with Gasteiger partial charge in [0.05, 0.1) is 11.2 Å². The van der Waals surface area contributed by atoms with E-state index in [1.54, 1.807) is 0 Å². The van der Waals surface area contributed by atoms with Gasteiger partial charge < -0.3 is 10.2 Å². The van der Waals surface area contributed by atoms with E-state index in [1.165, 1.54) is 56.9 Å². The molecule has 2 heteroatoms. The Kier molecular flexibility index (Phi) is 4.84. The van der Waals surface area contributed by atoms with Crippen LogP contribution in [0.5, 0.6) is 0 Å². The molecule has 0 saturated heterocycles. The number of aliphatic hydroxyl groups is 2. The Balaban J connectivity index is 1.57. The summed E-state index contributed by atoms with van der Waals surface area (Å²) in [5, 5.41) is 22.2. The van der Waals surface area contributed by atoms with Crippen LogP contribution in [0.2, 0.25) is 0 Å². The number of fused-ring (bicyclic) bond motifs is 1. The second-order valence-corrected chi connectivity index (χ2v) is 10.9. The van der Waals surface area contributed by atoms with Crippen molar-refractivity contribution in [2.75, 3.05) is 0 Å². The lowest BCUT2D eigenvalue weighted by atomic mass is 9.60. The third-order valence-corrected chi connectivity index (χ3v) is 9.31. The first-order chi connectivity index (χ1) is 12.3. The Bertz CT molecular complexity index is 540. The lowest BCUT2D eigenvalue weighted by Crippen LogP contribution is -2.41. The van der Waals surface area contributed by atoms with Crippen molar-refractivity contribution in [2.24, 2.45) is 29.1 Å². The minimum atomic E-state index is -0.627. The number of hydrogen-bond donors (Lipinski definition) is 2. The summed E-state index contributed by atoms with van der Waals surface area (Å²) in [6.07, 6.45) is 15.9. The average Bonchev–Trinajstić information content (AvgIpc) is 3.12. The summed E-state index contributed by atoms with van der Waals surface area (Å²) in [6, 6.07) is 0. The summed E-state index contributed by atoms with van der Waals surface area (Å²) in [5.74, 6) is 1.66. The summed E-state index contributed by atoms with van der Waals surface area (Å²) < 4.78 is 0. The smallest absolute Gasteiger partial charge is 0.0651 e. The van der Waals surface area contributed by atoms with Crippen molar-refractivity contribution in [3.05, 3.63) is 12.2 Å². The molecule has 0 amide bonds. The minimum Gasteiger partial charge on any atom is -0.390 e. The van der Waals surface area contributed by atoms with E-state index in [-0.39, 0.29) is 11.8 Å². The van der Waals surface area contributed by atoms with Crippen molar-refractivity contribution in [2.45, 2.75) is 109 Å². The summed E-state index contributed by atoms with van der Waals surface area (Å²) >= 11 is 0. The second kappa shape index (κ2) is 6.62. The van der Waals surface area contributed by atoms with Gasteiger partial charge in [-0.3, -0.25) is 0 Å². The maximum Gasteiger partial charge on any atom is 0.0651 e. The van der Waals surface area contributed by atoms with Crippen molar-refractivity contribution in [3.8, 4) is 0 Å². The summed E-state index contributed by atoms with van der Waals surface area (Å²) in [4.78, 5) is 0. The zero-order valence-corrected chi connectivity index (χ0v) is 17.1. The molecule has 0 aromatic carbocycles. The summed E-state index contributed by atoms with van der Waals surface area (Å²) in [7, 11) is 0. The normalized spacial score (nSPS) is 48.3. The van der Waals surface area contributed by atoms with Crippen LogP contribution in [0.1, 0.15) is 97.3 Å². The van der Waals surface area contributed by atoms with Crippen LogP contribution in [0, 0.1) is 29.1 Å². The standard InChI is InChI=1S/C24H40O2/c1-17(19-8-4-5-11-24(19)12-6-7-13-24)18-9-14-22(2,25)20-10-15-23(3,26)21(20)16-18/h18-21,25-26H,1,4-16H2,2-3H3/t18-,19+,20-,21-,22+,23-/m0/s1. The Morgan fingerprint density at radius 3 is 2.04 bits per heavy atom. The molecular weight excluding hydrogens is 320 g/mol. The van der Waals surface area contributed by atoms with E-state index in [0.29, 0.717) is 17.3 Å². The first-order valence-electron chi connectivity index (χ1n) is 11.4. The van der Waals surface area contributed by atoms with Crippen LogP contribution in [0.15, 0.2) is 12.2 Å². The average molecular weight is 361 g/mol. The molecule has 4 saturated carbocycles. The van der Waals surface area contributed by atoms with E-state index in [0.717, 1.165) is 32.1 Å². The zero-order valence-electron chi connectivity index (χ0n) is 17.1. The van der Waals surface area contributed by atoms with E-state index in [4.69, 9.17) is 6.58 Å². The predicted molar refractivity (Wildman–Crippen MR) is 107 cm³/mol. The highest BCUT2D eigenvalue weighted by atomic mass is 16.3. The van der Waals surface area contributed by atoms with Gasteiger partial charge in [0.25, 0.3) is 0 Å². The highest BCUT2D eigenvalue weighted by Gasteiger charge is 2.54. The first-order valence-corrected chi connectivity index (χ1v) is 11.4. The lowest BCUT2D eigenvalue weighted by Gasteiger charge is -2.45. The number of allylic oxidation sites excluding steroid dienone is 1. The molecule has 4 rings (SSSR count). The van der Waals surface area contributed by atoms with E-state index >= 15 is 0 Å². The van der Waals surface area contributed by atoms with Gasteiger partial charge in [0.15, 0.2) is 0 Å². The third-order valence-electron chi connectivity index (χ3n) is 9.31. The quantitative estimate of drug-likeness (QED) is 0.627. The van der Waals surface area contributed by atoms with Crippen molar-refractivity contribution in [1.82, 2.24) is 0 Å². The molecule has 0 aliphatic heterocycles. The molecule has 0 radical (unpaired) electrons. The Labute approximate surface area is 160 Å². The largest absolute Gasteiger partial charge is 0.390 e. The van der Waals surface area contributed by atoms with Gasteiger partial charge in [-0.1, -0.05) is 37.8 Å². The molecule has 0 aromatic rings. The van der Waals surface area contributed by atoms with Gasteiger partial charge >= 0.3 is 0 Å². The molecule has 148 valence electrons. The third kappa shape index (κ3) is 3.09. The molecule has 1 spiro atoms. The monoisotopic (exact) mass is 360 g/mol. The minimum absolute atomic E-state index is 0.227. The predicted octanol–water partition coefficient (Wildman–Crippen LogP) is 5.62. The maximum atomic E-state index is 11.1. The van der Waals surface area contributed by atoms with Crippen LogP contribution in [0.25, 0.3) is 0 Å². The van der Waals surface area contributed by atoms with Gasteiger partial charge in [-0.2, -0.15) is 0 Å². The van der Waals surface area contributed by atoms with Crippen LogP contribution in [0.3, 0.4) is 0 Å². The Morgan fingerprint density at radius 1 is 0.769 bits per heavy atom. The van der Waals surface area contributed by atoms with E-state index < -0.39 is 11.2 Å². The molecule has 2 N–H and O–H groups in total. The zero-order chi connectivity index (χ0) is 18.6. The Morgan fingerprint density at radius 2 is 1.35 bits per heavy atom. The van der Waals surface area contributed by atoms with Gasteiger partial charge in [-0.15, -0.1) is 0 Å². The van der Waals surface area contributed by atoms with E-state index in [2.05, 4.69) is 0 Å². The highest BCUT2D eigenvalue weighted by Crippen LogP contribution is 2.58. The van der Waals surface area contributed by atoms with Gasteiger partial charge in [0, 0.05) is 0 Å². The van der Waals surface area contributed by atoms with Crippen LogP contribution >= 0.6 is 0 Å². The summed E-state index contributed by atoms with van der Waals surface area (Å²) in [5.41, 5.74) is 0.792. The fourth-order valence-electron chi connectivity index (χ4n) is 7.69. The van der Waals surface area contributed by atoms with Crippen molar-refractivity contribution in [3.63, 3.8) is 0 Å². The van der Waals surface area contributed by atoms with Crippen LogP contribution in [-0.2, 0) is 0 Å². The van der Waals surface area contributed by atoms with Crippen molar-refractivity contribution < 1.29 is 10.2 Å². The molecule has 4 aliphatic carbocycles. The molecule has 6 atom stereocenters. The molecule has 4 aliphatic rings. The van der Waals surface area contributed by atoms with Gasteiger partial charge in [0.2, 0.25) is 0 Å². The van der Waals surface area contributed by atoms with Crippen molar-refractivity contribution in [1.29, 1.82) is 0 Å². The second-order valence-electron chi connectivity index (χ2n) is 10.9. The van der Waals surface area contributed by atoms with Gasteiger partial charge in [-0.05, 0) is 101 Å². The first kappa shape index (κ1) is 19.0. The van der Waals surface area contributed by atoms with Crippen molar-refractivity contribution >= 4 is 0 Å². The fourth-order valence-corrected chi connectivity index (χ4v) is 7.69. The molecule has 4 fully saturated rings. The van der Waals surface area contributed by atoms with Crippen LogP contribution in [-0.4, -0.2) is 21.4 Å². The van der Waals surface area contributed by atoms with E-state index in [9.17, 15) is 10.2 Å². The molecule has 0 aromatic heterocycles. The number of rotatable bonds is 2. The van der Waals surface area contributed by atoms with E-state index in [1.807, 2.05) is 13.8 Å². The molecule has 0 heterocycles. The van der Waals surface area contributed by atoms with Crippen LogP contribution < -0.4 is 0 Å². The SMILES string of the molecule is C=C([C@H]1CC[C@@](C)(O)[C@H]2CC[C@](C)(O)[C@H]2C1)[C@H]1CCCCC12CCCC2. The Hall–Kier alpha value is -0.340. The molecule has 2 nitrogen and oxygen atoms in total. The molecular formula is C24H40O2.